The van der Waals surface area contributed by atoms with E-state index in [1.54, 1.807) is 6.26 Å². The molecule has 0 spiro atoms. The number of allylic oxidation sites excluding steroid dienone is 2. The summed E-state index contributed by atoms with van der Waals surface area (Å²) in [5, 5.41) is 3.03. The Kier molecular flexibility index (Phi) is 4.74. The van der Waals surface area contributed by atoms with E-state index in [1.165, 1.54) is 36.8 Å². The van der Waals surface area contributed by atoms with Crippen LogP contribution in [0.5, 0.6) is 0 Å². The molecule has 0 saturated heterocycles. The molecule has 3 rings (SSSR count). The van der Waals surface area contributed by atoms with Gasteiger partial charge in [0, 0.05) is 6.04 Å². The van der Waals surface area contributed by atoms with Gasteiger partial charge in [-0.05, 0) is 44.6 Å². The molecule has 2 unspecified atom stereocenters. The molecular weight excluding hydrogens is 278 g/mol. The monoisotopic (exact) mass is 305 g/mol. The lowest BCUT2D eigenvalue weighted by Gasteiger charge is -2.34. The van der Waals surface area contributed by atoms with E-state index in [-0.39, 0.29) is 18.1 Å². The Balaban J connectivity index is 1.57. The zero-order valence-electron chi connectivity index (χ0n) is 13.6. The summed E-state index contributed by atoms with van der Waals surface area (Å²) >= 11 is 0. The van der Waals surface area contributed by atoms with Crippen molar-refractivity contribution < 1.29 is 14.3 Å². The highest BCUT2D eigenvalue weighted by molar-refractivity contribution is 5.67. The molecule has 22 heavy (non-hydrogen) atoms. The van der Waals surface area contributed by atoms with Crippen LogP contribution in [0.2, 0.25) is 0 Å². The lowest BCUT2D eigenvalue weighted by Crippen LogP contribution is -2.41. The third-order valence-corrected chi connectivity index (χ3v) is 5.32. The first kappa shape index (κ1) is 15.4. The van der Waals surface area contributed by atoms with Crippen molar-refractivity contribution in [3.05, 3.63) is 23.5 Å². The largest absolute Gasteiger partial charge is 0.462 e. The zero-order chi connectivity index (χ0) is 15.5. The molecule has 1 amide bonds. The Morgan fingerprint density at radius 2 is 1.91 bits per heavy atom. The van der Waals surface area contributed by atoms with Gasteiger partial charge in [-0.3, -0.25) is 0 Å². The quantitative estimate of drug-likeness (QED) is 0.612. The average Bonchev–Trinajstić information content (AvgIpc) is 2.71. The maximum atomic E-state index is 12.2. The van der Waals surface area contributed by atoms with Crippen LogP contribution in [0.25, 0.3) is 0 Å². The van der Waals surface area contributed by atoms with Crippen molar-refractivity contribution in [3.63, 3.8) is 0 Å². The van der Waals surface area contributed by atoms with E-state index in [0.717, 1.165) is 19.3 Å². The predicted molar refractivity (Wildman–Crippen MR) is 85.1 cm³/mol. The molecule has 0 aromatic rings. The summed E-state index contributed by atoms with van der Waals surface area (Å²) in [6.07, 6.45) is 11.3. The van der Waals surface area contributed by atoms with E-state index in [4.69, 9.17) is 9.47 Å². The van der Waals surface area contributed by atoms with E-state index >= 15 is 0 Å². The maximum absolute atomic E-state index is 12.2. The molecule has 0 radical (unpaired) electrons. The Morgan fingerprint density at radius 1 is 1.18 bits per heavy atom. The average molecular weight is 305 g/mol. The summed E-state index contributed by atoms with van der Waals surface area (Å²) < 4.78 is 11.3. The van der Waals surface area contributed by atoms with Crippen molar-refractivity contribution in [2.24, 2.45) is 11.8 Å². The highest BCUT2D eigenvalue weighted by atomic mass is 16.7. The fraction of sp³-hybridized carbons (Fsp3) is 0.722. The molecule has 4 nitrogen and oxygen atoms in total. The SMILES string of the molecule is CC1=COC(OC(=O)NC2CCCCCC2)[C@@H]2C(C)=CCC12. The van der Waals surface area contributed by atoms with E-state index in [1.807, 2.05) is 0 Å². The van der Waals surface area contributed by atoms with Crippen molar-refractivity contribution in [2.45, 2.75) is 71.1 Å². The molecule has 0 aromatic carbocycles. The van der Waals surface area contributed by atoms with Gasteiger partial charge < -0.3 is 14.8 Å². The van der Waals surface area contributed by atoms with Crippen molar-refractivity contribution in [3.8, 4) is 0 Å². The van der Waals surface area contributed by atoms with Crippen LogP contribution >= 0.6 is 0 Å². The molecule has 1 N–H and O–H groups in total. The standard InChI is InChI=1S/C18H27NO3/c1-12-9-10-15-13(2)11-21-17(16(12)15)22-18(20)19-14-7-5-3-4-6-8-14/h9,11,14-17H,3-8,10H2,1-2H3,(H,19,20)/t15?,16-,17?/m1/s1. The van der Waals surface area contributed by atoms with Gasteiger partial charge in [-0.2, -0.15) is 0 Å². The molecule has 0 bridgehead atoms. The number of rotatable bonds is 2. The number of fused-ring (bicyclic) bond motifs is 1. The lowest BCUT2D eigenvalue weighted by molar-refractivity contribution is -0.108. The van der Waals surface area contributed by atoms with E-state index < -0.39 is 6.29 Å². The molecule has 4 heteroatoms. The Bertz CT molecular complexity index is 475. The lowest BCUT2D eigenvalue weighted by atomic mass is 9.85. The number of amides is 1. The number of ether oxygens (including phenoxy) is 2. The Labute approximate surface area is 132 Å². The van der Waals surface area contributed by atoms with E-state index in [0.29, 0.717) is 5.92 Å². The zero-order valence-corrected chi connectivity index (χ0v) is 13.6. The second-order valence-corrected chi connectivity index (χ2v) is 6.92. The number of hydrogen-bond donors (Lipinski definition) is 1. The fourth-order valence-electron chi connectivity index (χ4n) is 3.96. The first-order valence-electron chi connectivity index (χ1n) is 8.61. The Morgan fingerprint density at radius 3 is 2.64 bits per heavy atom. The van der Waals surface area contributed by atoms with Crippen LogP contribution in [0, 0.1) is 11.8 Å². The van der Waals surface area contributed by atoms with E-state index in [2.05, 4.69) is 25.2 Å². The first-order chi connectivity index (χ1) is 10.6. The first-order valence-corrected chi connectivity index (χ1v) is 8.61. The van der Waals surface area contributed by atoms with Gasteiger partial charge in [0.15, 0.2) is 0 Å². The topological polar surface area (TPSA) is 47.6 Å². The number of nitrogens with one attached hydrogen (secondary N) is 1. The van der Waals surface area contributed by atoms with Crippen LogP contribution in [0.15, 0.2) is 23.5 Å². The molecular formula is C18H27NO3. The molecule has 2 aliphatic carbocycles. The number of hydrogen-bond acceptors (Lipinski definition) is 3. The van der Waals surface area contributed by atoms with Crippen LogP contribution in [0.3, 0.4) is 0 Å². The minimum Gasteiger partial charge on any atom is -0.462 e. The van der Waals surface area contributed by atoms with Gasteiger partial charge >= 0.3 is 6.09 Å². The van der Waals surface area contributed by atoms with Gasteiger partial charge in [0.1, 0.15) is 0 Å². The minimum absolute atomic E-state index is 0.171. The highest BCUT2D eigenvalue weighted by Crippen LogP contribution is 2.42. The summed E-state index contributed by atoms with van der Waals surface area (Å²) in [6.45, 7) is 4.19. The molecule has 1 saturated carbocycles. The summed E-state index contributed by atoms with van der Waals surface area (Å²) in [4.78, 5) is 12.2. The van der Waals surface area contributed by atoms with Crippen LogP contribution in [0.4, 0.5) is 4.79 Å². The predicted octanol–water partition coefficient (Wildman–Crippen LogP) is 4.28. The molecule has 1 aliphatic heterocycles. The van der Waals surface area contributed by atoms with Gasteiger partial charge in [-0.1, -0.05) is 37.3 Å². The van der Waals surface area contributed by atoms with Crippen LogP contribution in [-0.2, 0) is 9.47 Å². The number of carbonyl (C=O) groups excluding carboxylic acids is 1. The normalized spacial score (nSPS) is 32.2. The highest BCUT2D eigenvalue weighted by Gasteiger charge is 2.41. The van der Waals surface area contributed by atoms with Crippen molar-refractivity contribution in [1.82, 2.24) is 5.32 Å². The van der Waals surface area contributed by atoms with Gasteiger partial charge in [0.2, 0.25) is 0 Å². The van der Waals surface area contributed by atoms with Crippen LogP contribution in [0.1, 0.15) is 58.8 Å². The molecule has 3 atom stereocenters. The van der Waals surface area contributed by atoms with Gasteiger partial charge in [-0.25, -0.2) is 4.79 Å². The fourth-order valence-corrected chi connectivity index (χ4v) is 3.96. The second kappa shape index (κ2) is 6.76. The molecule has 122 valence electrons. The van der Waals surface area contributed by atoms with Crippen molar-refractivity contribution in [2.75, 3.05) is 0 Å². The number of carbonyl (C=O) groups is 1. The van der Waals surface area contributed by atoms with Gasteiger partial charge in [0.05, 0.1) is 12.2 Å². The number of alkyl carbamates (subject to hydrolysis) is 1. The van der Waals surface area contributed by atoms with E-state index in [9.17, 15) is 4.79 Å². The van der Waals surface area contributed by atoms with Gasteiger partial charge in [0.25, 0.3) is 6.29 Å². The summed E-state index contributed by atoms with van der Waals surface area (Å²) in [5.74, 6) is 0.592. The minimum atomic E-state index is -0.488. The maximum Gasteiger partial charge on any atom is 0.410 e. The smallest absolute Gasteiger partial charge is 0.410 e. The molecule has 3 aliphatic rings. The summed E-state index contributed by atoms with van der Waals surface area (Å²) in [7, 11) is 0. The third kappa shape index (κ3) is 3.31. The molecule has 1 heterocycles. The van der Waals surface area contributed by atoms with Crippen molar-refractivity contribution >= 4 is 6.09 Å². The second-order valence-electron chi connectivity index (χ2n) is 6.92. The van der Waals surface area contributed by atoms with Gasteiger partial charge in [-0.15, -0.1) is 0 Å². The summed E-state index contributed by atoms with van der Waals surface area (Å²) in [5.41, 5.74) is 2.51. The molecule has 1 fully saturated rings. The van der Waals surface area contributed by atoms with Crippen molar-refractivity contribution in [1.29, 1.82) is 0 Å². The van der Waals surface area contributed by atoms with Crippen LogP contribution in [-0.4, -0.2) is 18.4 Å². The molecule has 0 aromatic heterocycles. The third-order valence-electron chi connectivity index (χ3n) is 5.32. The van der Waals surface area contributed by atoms with Crippen LogP contribution < -0.4 is 5.32 Å². The Hall–Kier alpha value is -1.45. The summed E-state index contributed by atoms with van der Waals surface area (Å²) in [6, 6.07) is 0.256.